The van der Waals surface area contributed by atoms with E-state index in [0.717, 1.165) is 28.5 Å². The molecule has 2 aromatic heterocycles. The average Bonchev–Trinajstić information content (AvgIpc) is 3.56. The number of H-pyrrole nitrogens is 1. The Morgan fingerprint density at radius 2 is 1.94 bits per heavy atom. The number of rotatable bonds is 7. The van der Waals surface area contributed by atoms with Gasteiger partial charge in [0, 0.05) is 36.1 Å². The number of nitrogens with one attached hydrogen (secondary N) is 2. The number of benzene rings is 2. The largest absolute Gasteiger partial charge is 0.361 e. The summed E-state index contributed by atoms with van der Waals surface area (Å²) in [5.74, 6) is 0.470. The van der Waals surface area contributed by atoms with Crippen LogP contribution >= 0.6 is 0 Å². The number of anilines is 1. The molecule has 1 fully saturated rings. The fourth-order valence-corrected chi connectivity index (χ4v) is 4.75. The fraction of sp³-hybridized carbons (Fsp3) is 0.269. The molecule has 168 valence electrons. The molecule has 2 N–H and O–H groups in total. The van der Waals surface area contributed by atoms with Gasteiger partial charge in [0.05, 0.1) is 12.2 Å². The van der Waals surface area contributed by atoms with Gasteiger partial charge in [-0.1, -0.05) is 55.5 Å². The van der Waals surface area contributed by atoms with Crippen molar-refractivity contribution in [1.82, 2.24) is 19.7 Å². The third-order valence-corrected chi connectivity index (χ3v) is 6.43. The number of likely N-dealkylation sites (tertiary alicyclic amines) is 1. The quantitative estimate of drug-likeness (QED) is 0.443. The average molecular weight is 442 g/mol. The van der Waals surface area contributed by atoms with Gasteiger partial charge >= 0.3 is 0 Å². The highest BCUT2D eigenvalue weighted by atomic mass is 16.2. The van der Waals surface area contributed by atoms with E-state index in [0.29, 0.717) is 25.2 Å². The first-order valence-electron chi connectivity index (χ1n) is 11.4. The Balaban J connectivity index is 1.36. The normalized spacial score (nSPS) is 16.9. The van der Waals surface area contributed by atoms with Crippen molar-refractivity contribution in [3.05, 3.63) is 84.2 Å². The van der Waals surface area contributed by atoms with Crippen molar-refractivity contribution in [3.63, 3.8) is 0 Å². The smallest absolute Gasteiger partial charge is 0.248 e. The summed E-state index contributed by atoms with van der Waals surface area (Å²) < 4.78 is 1.86. The van der Waals surface area contributed by atoms with E-state index < -0.39 is 6.04 Å². The van der Waals surface area contributed by atoms with Crippen LogP contribution < -0.4 is 5.32 Å². The van der Waals surface area contributed by atoms with E-state index in [1.807, 2.05) is 59.4 Å². The molecule has 0 aliphatic carbocycles. The van der Waals surface area contributed by atoms with Gasteiger partial charge < -0.3 is 15.2 Å². The summed E-state index contributed by atoms with van der Waals surface area (Å²) in [7, 11) is 0. The minimum Gasteiger partial charge on any atom is -0.361 e. The van der Waals surface area contributed by atoms with Crippen molar-refractivity contribution in [2.24, 2.45) is 0 Å². The first-order valence-corrected chi connectivity index (χ1v) is 11.4. The molecule has 33 heavy (non-hydrogen) atoms. The molecule has 3 heterocycles. The number of carbonyl (C=O) groups is 2. The van der Waals surface area contributed by atoms with Gasteiger partial charge in [0.1, 0.15) is 11.9 Å². The Hall–Kier alpha value is -3.87. The van der Waals surface area contributed by atoms with Crippen LogP contribution in [0, 0.1) is 0 Å². The molecule has 7 nitrogen and oxygen atoms in total. The maximum absolute atomic E-state index is 13.3. The van der Waals surface area contributed by atoms with E-state index in [1.165, 1.54) is 0 Å². The summed E-state index contributed by atoms with van der Waals surface area (Å²) in [6, 6.07) is 19.5. The minimum atomic E-state index is -0.508. The van der Waals surface area contributed by atoms with E-state index in [-0.39, 0.29) is 17.9 Å². The molecule has 2 unspecified atom stereocenters. The third kappa shape index (κ3) is 4.02. The van der Waals surface area contributed by atoms with E-state index in [2.05, 4.69) is 34.5 Å². The molecule has 0 bridgehead atoms. The number of para-hydroxylation sites is 1. The number of hydrogen-bond acceptors (Lipinski definition) is 3. The molecular weight excluding hydrogens is 414 g/mol. The number of aromatic nitrogens is 3. The molecule has 0 spiro atoms. The first-order chi connectivity index (χ1) is 16.2. The van der Waals surface area contributed by atoms with Crippen LogP contribution in [0.5, 0.6) is 0 Å². The lowest BCUT2D eigenvalue weighted by Gasteiger charge is -2.25. The highest BCUT2D eigenvalue weighted by Gasteiger charge is 2.36. The Bertz CT molecular complexity index is 1280. The van der Waals surface area contributed by atoms with E-state index in [4.69, 9.17) is 0 Å². The van der Waals surface area contributed by atoms with Gasteiger partial charge in [-0.25, -0.2) is 4.68 Å². The van der Waals surface area contributed by atoms with Gasteiger partial charge in [-0.3, -0.25) is 9.59 Å². The van der Waals surface area contributed by atoms with Crippen LogP contribution in [-0.4, -0.2) is 37.5 Å². The van der Waals surface area contributed by atoms with Crippen LogP contribution in [0.1, 0.15) is 43.4 Å². The highest BCUT2D eigenvalue weighted by molar-refractivity contribution is 5.98. The van der Waals surface area contributed by atoms with Crippen molar-refractivity contribution in [2.45, 2.75) is 44.8 Å². The lowest BCUT2D eigenvalue weighted by Crippen LogP contribution is -2.41. The summed E-state index contributed by atoms with van der Waals surface area (Å²) in [4.78, 5) is 30.9. The number of hydrogen-bond donors (Lipinski definition) is 2. The Kier molecular flexibility index (Phi) is 5.69. The molecule has 5 rings (SSSR count). The van der Waals surface area contributed by atoms with E-state index in [9.17, 15) is 9.59 Å². The summed E-state index contributed by atoms with van der Waals surface area (Å²) in [6.45, 7) is 2.51. The van der Waals surface area contributed by atoms with Crippen LogP contribution in [0.4, 0.5) is 5.82 Å². The SMILES string of the molecule is CCC(c1ccccc1)n1nccc1NC(=O)C1CCC(=O)N1Cc1c[nH]c2ccccc12. The van der Waals surface area contributed by atoms with Gasteiger partial charge in [-0.2, -0.15) is 5.10 Å². The molecule has 1 aliphatic rings. The Morgan fingerprint density at radius 3 is 2.76 bits per heavy atom. The van der Waals surface area contributed by atoms with Gasteiger partial charge in [-0.15, -0.1) is 0 Å². The van der Waals surface area contributed by atoms with Crippen molar-refractivity contribution < 1.29 is 9.59 Å². The molecule has 2 aromatic carbocycles. The van der Waals surface area contributed by atoms with Gasteiger partial charge in [0.25, 0.3) is 0 Å². The predicted octanol–water partition coefficient (Wildman–Crippen LogP) is 4.49. The van der Waals surface area contributed by atoms with Gasteiger partial charge in [-0.05, 0) is 30.0 Å². The zero-order valence-electron chi connectivity index (χ0n) is 18.6. The number of nitrogens with zero attached hydrogens (tertiary/aromatic N) is 3. The van der Waals surface area contributed by atoms with Crippen molar-refractivity contribution in [3.8, 4) is 0 Å². The number of fused-ring (bicyclic) bond motifs is 1. The van der Waals surface area contributed by atoms with E-state index in [1.54, 1.807) is 11.1 Å². The number of aromatic amines is 1. The second kappa shape index (κ2) is 8.94. The summed E-state index contributed by atoms with van der Waals surface area (Å²) in [5, 5.41) is 8.61. The highest BCUT2D eigenvalue weighted by Crippen LogP contribution is 2.28. The summed E-state index contributed by atoms with van der Waals surface area (Å²) in [6.07, 6.45) is 5.35. The number of amides is 2. The lowest BCUT2D eigenvalue weighted by molar-refractivity contribution is -0.133. The predicted molar refractivity (Wildman–Crippen MR) is 128 cm³/mol. The Labute approximate surface area is 192 Å². The van der Waals surface area contributed by atoms with Crippen LogP contribution in [-0.2, 0) is 16.1 Å². The second-order valence-electron chi connectivity index (χ2n) is 8.42. The molecule has 1 aliphatic heterocycles. The standard InChI is InChI=1S/C26H27N5O2/c1-2-22(18-8-4-3-5-9-18)31-24(14-15-28-31)29-26(33)23-12-13-25(32)30(23)17-19-16-27-21-11-7-6-10-20(19)21/h3-11,14-16,22-23,27H,2,12-13,17H2,1H3,(H,29,33). The molecule has 0 saturated carbocycles. The maximum Gasteiger partial charge on any atom is 0.248 e. The van der Waals surface area contributed by atoms with E-state index >= 15 is 0 Å². The molecular formula is C26H27N5O2. The van der Waals surface area contributed by atoms with Crippen LogP contribution in [0.2, 0.25) is 0 Å². The Morgan fingerprint density at radius 1 is 1.15 bits per heavy atom. The number of carbonyl (C=O) groups excluding carboxylic acids is 2. The molecule has 0 radical (unpaired) electrons. The maximum atomic E-state index is 13.3. The minimum absolute atomic E-state index is 0.00431. The molecule has 2 atom stereocenters. The molecule has 7 heteroatoms. The van der Waals surface area contributed by atoms with Crippen LogP contribution in [0.25, 0.3) is 10.9 Å². The fourth-order valence-electron chi connectivity index (χ4n) is 4.75. The van der Waals surface area contributed by atoms with Crippen molar-refractivity contribution in [1.29, 1.82) is 0 Å². The van der Waals surface area contributed by atoms with Crippen molar-refractivity contribution in [2.75, 3.05) is 5.32 Å². The zero-order valence-corrected chi connectivity index (χ0v) is 18.6. The topological polar surface area (TPSA) is 83.0 Å². The van der Waals surface area contributed by atoms with Crippen molar-refractivity contribution >= 4 is 28.5 Å². The third-order valence-electron chi connectivity index (χ3n) is 6.43. The van der Waals surface area contributed by atoms with Gasteiger partial charge in [0.2, 0.25) is 11.8 Å². The van der Waals surface area contributed by atoms with Crippen LogP contribution in [0.15, 0.2) is 73.1 Å². The summed E-state index contributed by atoms with van der Waals surface area (Å²) >= 11 is 0. The van der Waals surface area contributed by atoms with Crippen LogP contribution in [0.3, 0.4) is 0 Å². The second-order valence-corrected chi connectivity index (χ2v) is 8.42. The molecule has 1 saturated heterocycles. The molecule has 4 aromatic rings. The monoisotopic (exact) mass is 441 g/mol. The van der Waals surface area contributed by atoms with Gasteiger partial charge in [0.15, 0.2) is 0 Å². The lowest BCUT2D eigenvalue weighted by atomic mass is 10.1. The first kappa shape index (κ1) is 21.0. The zero-order chi connectivity index (χ0) is 22.8. The summed E-state index contributed by atoms with van der Waals surface area (Å²) in [5.41, 5.74) is 3.17. The molecule has 2 amide bonds.